The van der Waals surface area contributed by atoms with Gasteiger partial charge in [-0.2, -0.15) is 0 Å². The molecule has 0 aliphatic carbocycles. The van der Waals surface area contributed by atoms with Gasteiger partial charge in [-0.1, -0.05) is 41.9 Å². The lowest BCUT2D eigenvalue weighted by Gasteiger charge is -2.14. The lowest BCUT2D eigenvalue weighted by Crippen LogP contribution is -2.23. The number of para-hydroxylation sites is 2. The van der Waals surface area contributed by atoms with Gasteiger partial charge in [-0.15, -0.1) is 0 Å². The lowest BCUT2D eigenvalue weighted by molar-refractivity contribution is 0.354. The van der Waals surface area contributed by atoms with Crippen LogP contribution in [0.5, 0.6) is 11.5 Å². The highest BCUT2D eigenvalue weighted by Crippen LogP contribution is 2.32. The van der Waals surface area contributed by atoms with E-state index in [0.717, 1.165) is 11.1 Å². The second kappa shape index (κ2) is 8.66. The molecule has 6 heteroatoms. The molecule has 0 aliphatic heterocycles. The van der Waals surface area contributed by atoms with E-state index in [9.17, 15) is 4.79 Å². The maximum atomic E-state index is 13.4. The van der Waals surface area contributed by atoms with E-state index in [2.05, 4.69) is 0 Å². The van der Waals surface area contributed by atoms with Crippen molar-refractivity contribution >= 4 is 34.7 Å². The summed E-state index contributed by atoms with van der Waals surface area (Å²) in [6, 6.07) is 18.4. The molecule has 0 saturated heterocycles. The zero-order chi connectivity index (χ0) is 22.0. The minimum Gasteiger partial charge on any atom is -0.493 e. The summed E-state index contributed by atoms with van der Waals surface area (Å²) in [4.78, 5) is 18.2. The van der Waals surface area contributed by atoms with Crippen molar-refractivity contribution in [2.24, 2.45) is 0 Å². The molecular formula is C25H21ClN2O3. The summed E-state index contributed by atoms with van der Waals surface area (Å²) in [5.74, 6) is 1.72. The quantitative estimate of drug-likeness (QED) is 0.415. The van der Waals surface area contributed by atoms with Gasteiger partial charge in [0.25, 0.3) is 5.56 Å². The normalized spacial score (nSPS) is 11.2. The Hall–Kier alpha value is -3.57. The first-order valence-corrected chi connectivity index (χ1v) is 10.1. The number of methoxy groups -OCH3 is 2. The first-order chi connectivity index (χ1) is 15.0. The number of benzene rings is 3. The molecule has 0 saturated carbocycles. The molecule has 0 fully saturated rings. The number of ether oxygens (including phenoxy) is 2. The monoisotopic (exact) mass is 432 g/mol. The molecule has 4 rings (SSSR count). The molecule has 156 valence electrons. The van der Waals surface area contributed by atoms with Gasteiger partial charge in [-0.05, 0) is 55.0 Å². The third-order valence-corrected chi connectivity index (χ3v) is 5.29. The van der Waals surface area contributed by atoms with Gasteiger partial charge in [-0.25, -0.2) is 4.98 Å². The van der Waals surface area contributed by atoms with Crippen LogP contribution in [0.1, 0.15) is 17.0 Å². The highest BCUT2D eigenvalue weighted by Gasteiger charge is 2.14. The SMILES string of the molecule is COc1cccc(/C=C/c2nc3ccccc3c(=O)n2-c2cc(Cl)ccc2C)c1OC. The van der Waals surface area contributed by atoms with Crippen LogP contribution >= 0.6 is 11.6 Å². The predicted molar refractivity (Wildman–Crippen MR) is 126 cm³/mol. The van der Waals surface area contributed by atoms with Gasteiger partial charge in [0.15, 0.2) is 11.5 Å². The Balaban J connectivity index is 1.97. The van der Waals surface area contributed by atoms with Gasteiger partial charge in [-0.3, -0.25) is 9.36 Å². The average molecular weight is 433 g/mol. The molecule has 0 aliphatic rings. The summed E-state index contributed by atoms with van der Waals surface area (Å²) in [5, 5.41) is 1.09. The molecule has 0 bridgehead atoms. The summed E-state index contributed by atoms with van der Waals surface area (Å²) in [5.41, 5.74) is 2.87. The topological polar surface area (TPSA) is 53.3 Å². The number of hydrogen-bond donors (Lipinski definition) is 0. The Morgan fingerprint density at radius 1 is 0.968 bits per heavy atom. The van der Waals surface area contributed by atoms with E-state index in [1.165, 1.54) is 0 Å². The maximum Gasteiger partial charge on any atom is 0.266 e. The van der Waals surface area contributed by atoms with Crippen LogP contribution in [0.15, 0.2) is 65.5 Å². The van der Waals surface area contributed by atoms with Crippen LogP contribution in [-0.4, -0.2) is 23.8 Å². The molecule has 3 aromatic carbocycles. The van der Waals surface area contributed by atoms with E-state index >= 15 is 0 Å². The second-order valence-corrected chi connectivity index (χ2v) is 7.41. The Labute approximate surface area is 185 Å². The molecule has 0 spiro atoms. The molecule has 0 radical (unpaired) electrons. The molecule has 0 N–H and O–H groups in total. The van der Waals surface area contributed by atoms with E-state index in [-0.39, 0.29) is 5.56 Å². The van der Waals surface area contributed by atoms with Gasteiger partial charge >= 0.3 is 0 Å². The first-order valence-electron chi connectivity index (χ1n) is 9.71. The van der Waals surface area contributed by atoms with Crippen LogP contribution < -0.4 is 15.0 Å². The van der Waals surface area contributed by atoms with Crippen LogP contribution in [0, 0.1) is 6.92 Å². The minimum atomic E-state index is -0.159. The van der Waals surface area contributed by atoms with Gasteiger partial charge < -0.3 is 9.47 Å². The van der Waals surface area contributed by atoms with Crippen LogP contribution in [0.25, 0.3) is 28.7 Å². The van der Waals surface area contributed by atoms with Crippen molar-refractivity contribution in [1.29, 1.82) is 0 Å². The van der Waals surface area contributed by atoms with Crippen LogP contribution in [0.3, 0.4) is 0 Å². The molecule has 1 aromatic heterocycles. The van der Waals surface area contributed by atoms with Crippen LogP contribution in [0.4, 0.5) is 0 Å². The average Bonchev–Trinajstić information content (AvgIpc) is 2.79. The van der Waals surface area contributed by atoms with Crippen molar-refractivity contribution in [2.75, 3.05) is 14.2 Å². The van der Waals surface area contributed by atoms with Crippen LogP contribution in [-0.2, 0) is 0 Å². The molecule has 31 heavy (non-hydrogen) atoms. The molecule has 0 atom stereocenters. The number of aryl methyl sites for hydroxylation is 1. The minimum absolute atomic E-state index is 0.159. The van der Waals surface area contributed by atoms with Crippen molar-refractivity contribution in [3.8, 4) is 17.2 Å². The molecule has 1 heterocycles. The predicted octanol–water partition coefficient (Wildman–Crippen LogP) is 5.54. The Morgan fingerprint density at radius 2 is 1.77 bits per heavy atom. The number of rotatable bonds is 5. The smallest absolute Gasteiger partial charge is 0.266 e. The highest BCUT2D eigenvalue weighted by atomic mass is 35.5. The van der Waals surface area contributed by atoms with Gasteiger partial charge in [0.2, 0.25) is 0 Å². The molecule has 0 amide bonds. The third-order valence-electron chi connectivity index (χ3n) is 5.06. The van der Waals surface area contributed by atoms with Crippen molar-refractivity contribution in [2.45, 2.75) is 6.92 Å². The largest absolute Gasteiger partial charge is 0.493 e. The van der Waals surface area contributed by atoms with E-state index in [0.29, 0.717) is 38.9 Å². The lowest BCUT2D eigenvalue weighted by atomic mass is 10.1. The molecular weight excluding hydrogens is 412 g/mol. The Bertz CT molecular complexity index is 1360. The highest BCUT2D eigenvalue weighted by molar-refractivity contribution is 6.30. The van der Waals surface area contributed by atoms with Gasteiger partial charge in [0.1, 0.15) is 5.82 Å². The Morgan fingerprint density at radius 3 is 2.55 bits per heavy atom. The van der Waals surface area contributed by atoms with Crippen molar-refractivity contribution in [1.82, 2.24) is 9.55 Å². The van der Waals surface area contributed by atoms with E-state index in [1.54, 1.807) is 43.1 Å². The van der Waals surface area contributed by atoms with Crippen molar-refractivity contribution in [3.05, 3.63) is 93.0 Å². The molecule has 5 nitrogen and oxygen atoms in total. The summed E-state index contributed by atoms with van der Waals surface area (Å²) in [6.45, 7) is 1.94. The fraction of sp³-hybridized carbons (Fsp3) is 0.120. The Kier molecular flexibility index (Phi) is 5.78. The number of hydrogen-bond acceptors (Lipinski definition) is 4. The maximum absolute atomic E-state index is 13.4. The zero-order valence-corrected chi connectivity index (χ0v) is 18.2. The van der Waals surface area contributed by atoms with Crippen molar-refractivity contribution in [3.63, 3.8) is 0 Å². The van der Waals surface area contributed by atoms with Crippen LogP contribution in [0.2, 0.25) is 5.02 Å². The number of halogens is 1. The summed E-state index contributed by atoms with van der Waals surface area (Å²) < 4.78 is 12.5. The third kappa shape index (κ3) is 3.92. The number of aromatic nitrogens is 2. The summed E-state index contributed by atoms with van der Waals surface area (Å²) >= 11 is 6.25. The fourth-order valence-corrected chi connectivity index (χ4v) is 3.69. The number of fused-ring (bicyclic) bond motifs is 1. The van der Waals surface area contributed by atoms with E-state index in [1.807, 2.05) is 55.5 Å². The van der Waals surface area contributed by atoms with Gasteiger partial charge in [0, 0.05) is 10.6 Å². The zero-order valence-electron chi connectivity index (χ0n) is 17.4. The van der Waals surface area contributed by atoms with Crippen molar-refractivity contribution < 1.29 is 9.47 Å². The van der Waals surface area contributed by atoms with E-state index in [4.69, 9.17) is 26.1 Å². The first kappa shape index (κ1) is 20.7. The summed E-state index contributed by atoms with van der Waals surface area (Å²) in [6.07, 6.45) is 3.65. The number of nitrogens with zero attached hydrogens (tertiary/aromatic N) is 2. The molecule has 0 unspecified atom stereocenters. The second-order valence-electron chi connectivity index (χ2n) is 6.97. The molecule has 4 aromatic rings. The summed E-state index contributed by atoms with van der Waals surface area (Å²) in [7, 11) is 3.19. The van der Waals surface area contributed by atoms with E-state index < -0.39 is 0 Å². The van der Waals surface area contributed by atoms with Gasteiger partial charge in [0.05, 0.1) is 30.8 Å². The fourth-order valence-electron chi connectivity index (χ4n) is 3.53. The standard InChI is InChI=1S/C25H21ClN2O3/c1-16-11-13-18(26)15-21(16)28-23(27-20-9-5-4-8-19(20)25(28)29)14-12-17-7-6-10-22(30-2)24(17)31-3/h4-15H,1-3H3/b14-12+.